The van der Waals surface area contributed by atoms with E-state index in [1.807, 2.05) is 12.1 Å². The van der Waals surface area contributed by atoms with Gasteiger partial charge in [0.2, 0.25) is 15.8 Å². The van der Waals surface area contributed by atoms with Crippen molar-refractivity contribution in [2.24, 2.45) is 0 Å². The van der Waals surface area contributed by atoms with Crippen LogP contribution in [0.1, 0.15) is 15.9 Å². The monoisotopic (exact) mass is 563 g/mol. The van der Waals surface area contributed by atoms with Gasteiger partial charge >= 0.3 is 0 Å². The van der Waals surface area contributed by atoms with Crippen molar-refractivity contribution in [2.45, 2.75) is 9.79 Å². The number of aromatic nitrogens is 5. The van der Waals surface area contributed by atoms with Crippen LogP contribution in [0.4, 0.5) is 0 Å². The van der Waals surface area contributed by atoms with Crippen LogP contribution in [-0.4, -0.2) is 57.9 Å². The number of sulfone groups is 1. The second-order valence-electron chi connectivity index (χ2n) is 8.09. The lowest BCUT2D eigenvalue weighted by Gasteiger charge is -2.07. The molecule has 13 heteroatoms. The Balaban J connectivity index is 0.000000648. The van der Waals surface area contributed by atoms with Crippen molar-refractivity contribution < 1.29 is 26.2 Å². The number of imidazole rings is 1. The van der Waals surface area contributed by atoms with E-state index in [1.54, 1.807) is 59.7 Å². The Bertz CT molecular complexity index is 1770. The molecule has 39 heavy (non-hydrogen) atoms. The third-order valence-corrected chi connectivity index (χ3v) is 7.03. The molecule has 3 heterocycles. The van der Waals surface area contributed by atoms with Gasteiger partial charge < -0.3 is 0 Å². The van der Waals surface area contributed by atoms with E-state index < -0.39 is 20.0 Å². The summed E-state index contributed by atoms with van der Waals surface area (Å²) in [6, 6.07) is 16.7. The number of carbonyl (C=O) groups excluding carboxylic acids is 1. The van der Waals surface area contributed by atoms with E-state index in [2.05, 4.69) is 19.9 Å². The smallest absolute Gasteiger partial charge is 0.261 e. The molecule has 5 rings (SSSR count). The van der Waals surface area contributed by atoms with Gasteiger partial charge in [-0.25, -0.2) is 23.4 Å². The molecule has 0 saturated heterocycles. The SMILES string of the molecule is CS(=O)(=O)O.O=C(c1ccc(-c2ccc(S(=O)(=O)c3ccncc3)cc2)cc1)c1cnc(-n2ccnc2)nc1. The van der Waals surface area contributed by atoms with E-state index in [0.29, 0.717) is 23.3 Å². The van der Waals surface area contributed by atoms with Gasteiger partial charge in [-0.1, -0.05) is 36.4 Å². The maximum absolute atomic E-state index is 12.8. The minimum atomic E-state index is -3.67. The first kappa shape index (κ1) is 27.4. The second-order valence-corrected chi connectivity index (χ2v) is 11.5. The molecule has 0 aliphatic rings. The number of nitrogens with zero attached hydrogens (tertiary/aromatic N) is 5. The molecule has 0 aliphatic heterocycles. The first-order valence-electron chi connectivity index (χ1n) is 11.2. The van der Waals surface area contributed by atoms with Crippen LogP contribution in [0.3, 0.4) is 0 Å². The Morgan fingerprint density at radius 2 is 1.23 bits per heavy atom. The summed E-state index contributed by atoms with van der Waals surface area (Å²) in [5.74, 6) is 0.237. The molecule has 0 fully saturated rings. The summed E-state index contributed by atoms with van der Waals surface area (Å²) >= 11 is 0. The minimum absolute atomic E-state index is 0.192. The Kier molecular flexibility index (Phi) is 8.04. The summed E-state index contributed by atoms with van der Waals surface area (Å²) in [7, 11) is -7.27. The molecule has 0 radical (unpaired) electrons. The van der Waals surface area contributed by atoms with Crippen molar-refractivity contribution in [1.29, 1.82) is 0 Å². The molecule has 0 amide bonds. The zero-order valence-corrected chi connectivity index (χ0v) is 22.0. The Labute approximate surface area is 224 Å². The summed E-state index contributed by atoms with van der Waals surface area (Å²) < 4.78 is 53.0. The molecule has 2 aromatic carbocycles. The molecule has 0 saturated carbocycles. The van der Waals surface area contributed by atoms with Gasteiger partial charge in [0, 0.05) is 42.7 Å². The lowest BCUT2D eigenvalue weighted by molar-refractivity contribution is 0.103. The summed E-state index contributed by atoms with van der Waals surface area (Å²) in [5.41, 5.74) is 2.57. The third-order valence-electron chi connectivity index (χ3n) is 5.24. The van der Waals surface area contributed by atoms with Crippen LogP contribution in [-0.2, 0) is 20.0 Å². The summed E-state index contributed by atoms with van der Waals surface area (Å²) in [5, 5.41) is 0. The minimum Gasteiger partial charge on any atom is -0.288 e. The predicted molar refractivity (Wildman–Crippen MR) is 142 cm³/mol. The van der Waals surface area contributed by atoms with Crippen molar-refractivity contribution >= 4 is 25.7 Å². The van der Waals surface area contributed by atoms with Gasteiger partial charge in [-0.05, 0) is 35.4 Å². The quantitative estimate of drug-likeness (QED) is 0.240. The lowest BCUT2D eigenvalue weighted by Crippen LogP contribution is -2.05. The topological polar surface area (TPSA) is 162 Å². The molecule has 11 nitrogen and oxygen atoms in total. The third kappa shape index (κ3) is 7.04. The fraction of sp³-hybridized carbons (Fsp3) is 0.0385. The summed E-state index contributed by atoms with van der Waals surface area (Å²) in [6.07, 6.45) is 11.5. The van der Waals surface area contributed by atoms with Crippen LogP contribution in [0.2, 0.25) is 0 Å². The van der Waals surface area contributed by atoms with E-state index in [-0.39, 0.29) is 15.6 Å². The molecular weight excluding hydrogens is 542 g/mol. The number of rotatable bonds is 6. The van der Waals surface area contributed by atoms with E-state index >= 15 is 0 Å². The number of pyridine rings is 1. The summed E-state index contributed by atoms with van der Waals surface area (Å²) in [6.45, 7) is 0. The highest BCUT2D eigenvalue weighted by molar-refractivity contribution is 7.91. The molecule has 0 atom stereocenters. The molecule has 0 unspecified atom stereocenters. The van der Waals surface area contributed by atoms with Gasteiger partial charge in [0.25, 0.3) is 10.1 Å². The Morgan fingerprint density at radius 1 is 0.718 bits per heavy atom. The molecule has 1 N–H and O–H groups in total. The average molecular weight is 564 g/mol. The van der Waals surface area contributed by atoms with Gasteiger partial charge in [0.15, 0.2) is 5.78 Å². The normalized spacial score (nSPS) is 11.3. The fourth-order valence-electron chi connectivity index (χ4n) is 3.41. The van der Waals surface area contributed by atoms with E-state index in [0.717, 1.165) is 11.1 Å². The van der Waals surface area contributed by atoms with Crippen LogP contribution in [0.15, 0.2) is 114 Å². The van der Waals surface area contributed by atoms with Crippen LogP contribution >= 0.6 is 0 Å². The fourth-order valence-corrected chi connectivity index (χ4v) is 4.66. The van der Waals surface area contributed by atoms with Crippen LogP contribution in [0.25, 0.3) is 17.1 Å². The van der Waals surface area contributed by atoms with E-state index in [4.69, 9.17) is 4.55 Å². The Morgan fingerprint density at radius 3 is 1.74 bits per heavy atom. The Hall–Kier alpha value is -4.59. The molecule has 0 bridgehead atoms. The van der Waals surface area contributed by atoms with Crippen molar-refractivity contribution in [1.82, 2.24) is 24.5 Å². The number of hydrogen-bond acceptors (Lipinski definition) is 9. The first-order valence-corrected chi connectivity index (χ1v) is 14.5. The van der Waals surface area contributed by atoms with Crippen LogP contribution in [0.5, 0.6) is 0 Å². The van der Waals surface area contributed by atoms with E-state index in [9.17, 15) is 21.6 Å². The number of ketones is 1. The molecule has 0 spiro atoms. The summed E-state index contributed by atoms with van der Waals surface area (Å²) in [4.78, 5) is 29.5. The predicted octanol–water partition coefficient (Wildman–Crippen LogP) is 3.29. The lowest BCUT2D eigenvalue weighted by atomic mass is 10.0. The average Bonchev–Trinajstić information content (AvgIpc) is 3.48. The second kappa shape index (κ2) is 11.4. The molecular formula is C26H21N5O6S2. The highest BCUT2D eigenvalue weighted by atomic mass is 32.2. The van der Waals surface area contributed by atoms with Crippen LogP contribution in [0, 0.1) is 0 Å². The highest BCUT2D eigenvalue weighted by Gasteiger charge is 2.17. The van der Waals surface area contributed by atoms with Crippen molar-refractivity contribution in [3.63, 3.8) is 0 Å². The highest BCUT2D eigenvalue weighted by Crippen LogP contribution is 2.25. The zero-order chi connectivity index (χ0) is 28.0. The van der Waals surface area contributed by atoms with Gasteiger partial charge in [0.05, 0.1) is 21.6 Å². The molecule has 198 valence electrons. The van der Waals surface area contributed by atoms with Gasteiger partial charge in [-0.15, -0.1) is 0 Å². The number of benzene rings is 2. The van der Waals surface area contributed by atoms with E-state index in [1.165, 1.54) is 36.9 Å². The maximum atomic E-state index is 12.8. The first-order chi connectivity index (χ1) is 18.5. The van der Waals surface area contributed by atoms with Crippen LogP contribution < -0.4 is 0 Å². The van der Waals surface area contributed by atoms with Crippen molar-refractivity contribution in [3.05, 3.63) is 115 Å². The van der Waals surface area contributed by atoms with Gasteiger partial charge in [0.1, 0.15) is 6.33 Å². The zero-order valence-electron chi connectivity index (χ0n) is 20.4. The molecule has 5 aromatic rings. The van der Waals surface area contributed by atoms with Gasteiger partial charge in [-0.2, -0.15) is 8.42 Å². The maximum Gasteiger partial charge on any atom is 0.261 e. The number of carbonyl (C=O) groups is 1. The largest absolute Gasteiger partial charge is 0.288 e. The van der Waals surface area contributed by atoms with Gasteiger partial charge in [-0.3, -0.25) is 18.9 Å². The standard InChI is InChI=1S/C25H17N5O3S.CH4O3S/c31-24(21-15-28-25(29-16-21)30-14-13-27-17-30)20-3-1-18(2-4-20)19-5-7-22(8-6-19)34(32,33)23-9-11-26-12-10-23;1-5(2,3)4/h1-17H;1H3,(H,2,3,4). The van der Waals surface area contributed by atoms with Crippen molar-refractivity contribution in [2.75, 3.05) is 6.26 Å². The molecule has 0 aliphatic carbocycles. The number of hydrogen-bond donors (Lipinski definition) is 1. The molecule has 3 aromatic heterocycles. The van der Waals surface area contributed by atoms with Crippen molar-refractivity contribution in [3.8, 4) is 17.1 Å².